The summed E-state index contributed by atoms with van der Waals surface area (Å²) in [7, 11) is 1.63. The molecule has 0 radical (unpaired) electrons. The molecule has 0 bridgehead atoms. The molecule has 1 heterocycles. The van der Waals surface area contributed by atoms with Gasteiger partial charge in [-0.3, -0.25) is 0 Å². The molecule has 96 valence electrons. The maximum Gasteiger partial charge on any atom is 0.229 e. The lowest BCUT2D eigenvalue weighted by Crippen LogP contribution is -2.27. The van der Waals surface area contributed by atoms with E-state index in [2.05, 4.69) is 10.1 Å². The first-order valence-electron chi connectivity index (χ1n) is 5.98. The van der Waals surface area contributed by atoms with Crippen molar-refractivity contribution in [3.63, 3.8) is 0 Å². The van der Waals surface area contributed by atoms with E-state index in [-0.39, 0.29) is 6.04 Å². The molecule has 1 fully saturated rings. The number of rotatable bonds is 7. The van der Waals surface area contributed by atoms with E-state index in [9.17, 15) is 0 Å². The van der Waals surface area contributed by atoms with Crippen molar-refractivity contribution in [1.29, 1.82) is 0 Å². The highest BCUT2D eigenvalue weighted by molar-refractivity contribution is 4.93. The molecular formula is C11H19N3O3. The molecule has 2 N–H and O–H groups in total. The van der Waals surface area contributed by atoms with Crippen LogP contribution in [0.5, 0.6) is 0 Å². The van der Waals surface area contributed by atoms with E-state index in [0.717, 1.165) is 12.8 Å². The normalized spacial score (nSPS) is 18.0. The number of nitrogens with two attached hydrogens (primary N) is 1. The van der Waals surface area contributed by atoms with Crippen molar-refractivity contribution in [1.82, 2.24) is 10.1 Å². The topological polar surface area (TPSA) is 83.4 Å². The summed E-state index contributed by atoms with van der Waals surface area (Å²) in [6.45, 7) is 1.02. The second-order valence-electron chi connectivity index (χ2n) is 4.28. The van der Waals surface area contributed by atoms with Gasteiger partial charge in [-0.25, -0.2) is 0 Å². The molecule has 1 aromatic rings. The molecule has 0 saturated heterocycles. The summed E-state index contributed by atoms with van der Waals surface area (Å²) in [4.78, 5) is 4.21. The predicted octanol–water partition coefficient (Wildman–Crippen LogP) is 0.827. The fourth-order valence-corrected chi connectivity index (χ4v) is 1.56. The molecule has 1 saturated carbocycles. The number of hydrogen-bond donors (Lipinski definition) is 1. The summed E-state index contributed by atoms with van der Waals surface area (Å²) in [5.74, 6) is 1.07. The third kappa shape index (κ3) is 3.49. The predicted molar refractivity (Wildman–Crippen MR) is 60.4 cm³/mol. The molecular weight excluding hydrogens is 222 g/mol. The van der Waals surface area contributed by atoms with Gasteiger partial charge in [0.05, 0.1) is 31.8 Å². The zero-order chi connectivity index (χ0) is 12.1. The van der Waals surface area contributed by atoms with Gasteiger partial charge in [0, 0.05) is 7.11 Å². The standard InChI is InChI=1S/C11H19N3O3/c1-15-6-5-10-13-11(14-17-10)9(12)7-16-8-3-2-4-8/h8-9H,2-7,12H2,1H3. The first kappa shape index (κ1) is 12.5. The summed E-state index contributed by atoms with van der Waals surface area (Å²) >= 11 is 0. The maximum absolute atomic E-state index is 5.92. The average Bonchev–Trinajstić information content (AvgIpc) is 2.72. The van der Waals surface area contributed by atoms with Crippen molar-refractivity contribution < 1.29 is 14.0 Å². The van der Waals surface area contributed by atoms with E-state index in [1.807, 2.05) is 0 Å². The van der Waals surface area contributed by atoms with Crippen molar-refractivity contribution in [2.45, 2.75) is 37.8 Å². The highest BCUT2D eigenvalue weighted by Crippen LogP contribution is 2.22. The van der Waals surface area contributed by atoms with E-state index < -0.39 is 0 Å². The quantitative estimate of drug-likeness (QED) is 0.761. The van der Waals surface area contributed by atoms with Gasteiger partial charge in [0.15, 0.2) is 5.82 Å². The second-order valence-corrected chi connectivity index (χ2v) is 4.28. The zero-order valence-corrected chi connectivity index (χ0v) is 10.1. The summed E-state index contributed by atoms with van der Waals surface area (Å²) < 4.78 is 15.6. The smallest absolute Gasteiger partial charge is 0.229 e. The lowest BCUT2D eigenvalue weighted by molar-refractivity contribution is -0.00549. The van der Waals surface area contributed by atoms with Crippen LogP contribution in [0.2, 0.25) is 0 Å². The Hall–Kier alpha value is -0.980. The van der Waals surface area contributed by atoms with Crippen LogP contribution in [-0.4, -0.2) is 36.6 Å². The first-order valence-corrected chi connectivity index (χ1v) is 5.98. The highest BCUT2D eigenvalue weighted by atomic mass is 16.5. The molecule has 0 amide bonds. The molecule has 0 aliphatic heterocycles. The Balaban J connectivity index is 1.76. The molecule has 2 rings (SSSR count). The van der Waals surface area contributed by atoms with Crippen LogP contribution in [0.15, 0.2) is 4.52 Å². The second kappa shape index (κ2) is 6.09. The van der Waals surface area contributed by atoms with Crippen LogP contribution in [0.3, 0.4) is 0 Å². The Kier molecular flexibility index (Phi) is 4.47. The van der Waals surface area contributed by atoms with Gasteiger partial charge >= 0.3 is 0 Å². The van der Waals surface area contributed by atoms with Crippen molar-refractivity contribution in [3.8, 4) is 0 Å². The van der Waals surface area contributed by atoms with Crippen LogP contribution in [0, 0.1) is 0 Å². The van der Waals surface area contributed by atoms with Crippen molar-refractivity contribution >= 4 is 0 Å². The minimum atomic E-state index is -0.310. The van der Waals surface area contributed by atoms with Crippen molar-refractivity contribution in [3.05, 3.63) is 11.7 Å². The fourth-order valence-electron chi connectivity index (χ4n) is 1.56. The molecule has 1 unspecified atom stereocenters. The Morgan fingerprint density at radius 3 is 3.00 bits per heavy atom. The van der Waals surface area contributed by atoms with E-state index in [1.165, 1.54) is 6.42 Å². The van der Waals surface area contributed by atoms with E-state index in [4.69, 9.17) is 19.7 Å². The summed E-state index contributed by atoms with van der Waals surface area (Å²) in [6, 6.07) is -0.310. The van der Waals surface area contributed by atoms with Gasteiger partial charge < -0.3 is 19.7 Å². The van der Waals surface area contributed by atoms with Crippen LogP contribution in [0.1, 0.15) is 37.0 Å². The Bertz CT molecular complexity index is 338. The number of hydrogen-bond acceptors (Lipinski definition) is 6. The molecule has 6 heteroatoms. The molecule has 1 aliphatic rings. The van der Waals surface area contributed by atoms with Gasteiger partial charge in [0.2, 0.25) is 5.89 Å². The number of aromatic nitrogens is 2. The number of ether oxygens (including phenoxy) is 2. The molecule has 1 aromatic heterocycles. The molecule has 17 heavy (non-hydrogen) atoms. The molecule has 6 nitrogen and oxygen atoms in total. The van der Waals surface area contributed by atoms with Crippen LogP contribution >= 0.6 is 0 Å². The van der Waals surface area contributed by atoms with Crippen LogP contribution in [0.4, 0.5) is 0 Å². The highest BCUT2D eigenvalue weighted by Gasteiger charge is 2.21. The molecule has 0 aromatic carbocycles. The summed E-state index contributed by atoms with van der Waals surface area (Å²) in [5.41, 5.74) is 5.92. The molecule has 1 atom stereocenters. The van der Waals surface area contributed by atoms with Gasteiger partial charge in [-0.05, 0) is 19.3 Å². The van der Waals surface area contributed by atoms with Gasteiger partial charge in [0.1, 0.15) is 0 Å². The van der Waals surface area contributed by atoms with Crippen molar-refractivity contribution in [2.75, 3.05) is 20.3 Å². The van der Waals surface area contributed by atoms with Crippen molar-refractivity contribution in [2.24, 2.45) is 5.73 Å². The van der Waals surface area contributed by atoms with E-state index in [1.54, 1.807) is 7.11 Å². The maximum atomic E-state index is 5.92. The third-order valence-electron chi connectivity index (χ3n) is 2.90. The van der Waals surface area contributed by atoms with E-state index in [0.29, 0.717) is 37.5 Å². The average molecular weight is 241 g/mol. The lowest BCUT2D eigenvalue weighted by Gasteiger charge is -2.26. The largest absolute Gasteiger partial charge is 0.384 e. The Labute approximate surface area is 100 Å². The van der Waals surface area contributed by atoms with Crippen LogP contribution < -0.4 is 5.73 Å². The Morgan fingerprint density at radius 2 is 2.35 bits per heavy atom. The third-order valence-corrected chi connectivity index (χ3v) is 2.90. The number of methoxy groups -OCH3 is 1. The molecule has 1 aliphatic carbocycles. The van der Waals surface area contributed by atoms with Gasteiger partial charge in [-0.2, -0.15) is 4.98 Å². The summed E-state index contributed by atoms with van der Waals surface area (Å²) in [6.07, 6.45) is 4.51. The van der Waals surface area contributed by atoms with Gasteiger partial charge in [-0.1, -0.05) is 5.16 Å². The van der Waals surface area contributed by atoms with Crippen LogP contribution in [-0.2, 0) is 15.9 Å². The molecule has 0 spiro atoms. The SMILES string of the molecule is COCCc1nc(C(N)COC2CCC2)no1. The van der Waals surface area contributed by atoms with Gasteiger partial charge in [0.25, 0.3) is 0 Å². The number of nitrogens with zero attached hydrogens (tertiary/aromatic N) is 2. The van der Waals surface area contributed by atoms with E-state index >= 15 is 0 Å². The fraction of sp³-hybridized carbons (Fsp3) is 0.818. The first-order chi connectivity index (χ1) is 8.29. The van der Waals surface area contributed by atoms with Crippen LogP contribution in [0.25, 0.3) is 0 Å². The minimum absolute atomic E-state index is 0.310. The lowest BCUT2D eigenvalue weighted by atomic mass is 9.96. The monoisotopic (exact) mass is 241 g/mol. The zero-order valence-electron chi connectivity index (χ0n) is 10.1. The summed E-state index contributed by atoms with van der Waals surface area (Å²) in [5, 5.41) is 3.84. The van der Waals surface area contributed by atoms with Gasteiger partial charge in [-0.15, -0.1) is 0 Å². The Morgan fingerprint density at radius 1 is 1.53 bits per heavy atom. The minimum Gasteiger partial charge on any atom is -0.384 e.